The summed E-state index contributed by atoms with van der Waals surface area (Å²) >= 11 is 0. The highest BCUT2D eigenvalue weighted by atomic mass is 16.6. The largest absolute Gasteiger partial charge is 0.462 e. The van der Waals surface area contributed by atoms with E-state index in [0.717, 1.165) is 109 Å². The second-order valence-electron chi connectivity index (χ2n) is 20.2. The second kappa shape index (κ2) is 59.4. The maximum Gasteiger partial charge on any atom is 0.306 e. The lowest BCUT2D eigenvalue weighted by Crippen LogP contribution is -2.30. The van der Waals surface area contributed by atoms with Crippen molar-refractivity contribution in [3.63, 3.8) is 0 Å². The molecule has 6 heteroatoms. The Morgan fingerprint density at radius 1 is 0.282 bits per heavy atom. The Hall–Kier alpha value is -3.15. The quantitative estimate of drug-likeness (QED) is 0.0261. The zero-order valence-electron chi connectivity index (χ0n) is 47.0. The van der Waals surface area contributed by atoms with Gasteiger partial charge in [0.05, 0.1) is 0 Å². The molecule has 0 aliphatic carbocycles. The normalized spacial score (nSPS) is 12.5. The number of carbonyl (C=O) groups is 3. The van der Waals surface area contributed by atoms with Crippen LogP contribution in [0.25, 0.3) is 0 Å². The fraction of sp³-hybridized carbons (Fsp3) is 0.769. The van der Waals surface area contributed by atoms with Gasteiger partial charge in [-0.2, -0.15) is 0 Å². The van der Waals surface area contributed by atoms with Crippen molar-refractivity contribution in [1.29, 1.82) is 0 Å². The fourth-order valence-electron chi connectivity index (χ4n) is 8.53. The first-order valence-electron chi connectivity index (χ1n) is 30.4. The Balaban J connectivity index is 4.40. The first kappa shape index (κ1) is 67.8. The van der Waals surface area contributed by atoms with Gasteiger partial charge in [0.2, 0.25) is 0 Å². The van der Waals surface area contributed by atoms with Crippen molar-refractivity contribution in [2.45, 2.75) is 309 Å². The van der Waals surface area contributed by atoms with Crippen LogP contribution in [0.2, 0.25) is 0 Å². The summed E-state index contributed by atoms with van der Waals surface area (Å²) in [4.78, 5) is 38.2. The van der Waals surface area contributed by atoms with E-state index in [-0.39, 0.29) is 31.1 Å². The smallest absolute Gasteiger partial charge is 0.306 e. The van der Waals surface area contributed by atoms with E-state index in [2.05, 4.69) is 93.7 Å². The molecule has 0 radical (unpaired) electrons. The molecule has 0 fully saturated rings. The number of carbonyl (C=O) groups excluding carboxylic acids is 3. The molecular weight excluding hydrogens is 877 g/mol. The second-order valence-corrected chi connectivity index (χ2v) is 20.2. The predicted molar refractivity (Wildman–Crippen MR) is 307 cm³/mol. The average Bonchev–Trinajstić information content (AvgIpc) is 3.37. The van der Waals surface area contributed by atoms with Gasteiger partial charge in [0, 0.05) is 19.3 Å². The summed E-state index contributed by atoms with van der Waals surface area (Å²) in [5, 5.41) is 0. The van der Waals surface area contributed by atoms with Gasteiger partial charge in [-0.1, -0.05) is 241 Å². The molecule has 0 bridgehead atoms. The van der Waals surface area contributed by atoms with Crippen LogP contribution in [0.3, 0.4) is 0 Å². The Morgan fingerprint density at radius 3 is 0.789 bits per heavy atom. The maximum absolute atomic E-state index is 12.9. The molecule has 0 N–H and O–H groups in total. The van der Waals surface area contributed by atoms with Gasteiger partial charge < -0.3 is 14.2 Å². The Morgan fingerprint density at radius 2 is 0.507 bits per heavy atom. The Kier molecular flexibility index (Phi) is 56.8. The van der Waals surface area contributed by atoms with Gasteiger partial charge in [0.1, 0.15) is 13.2 Å². The third-order valence-electron chi connectivity index (χ3n) is 13.2. The average molecular weight is 992 g/mol. The molecule has 0 heterocycles. The number of unbranched alkanes of at least 4 members (excludes halogenated alkanes) is 32. The van der Waals surface area contributed by atoms with Gasteiger partial charge in [0.15, 0.2) is 6.10 Å². The number of hydrogen-bond donors (Lipinski definition) is 0. The van der Waals surface area contributed by atoms with Gasteiger partial charge in [-0.15, -0.1) is 0 Å². The van der Waals surface area contributed by atoms with Gasteiger partial charge in [0.25, 0.3) is 0 Å². The molecule has 0 saturated heterocycles. The van der Waals surface area contributed by atoms with Crippen LogP contribution in [0.5, 0.6) is 0 Å². The topological polar surface area (TPSA) is 78.9 Å². The number of ether oxygens (including phenoxy) is 3. The minimum atomic E-state index is -0.791. The minimum Gasteiger partial charge on any atom is -0.462 e. The van der Waals surface area contributed by atoms with E-state index in [4.69, 9.17) is 14.2 Å². The van der Waals surface area contributed by atoms with Crippen molar-refractivity contribution in [3.8, 4) is 0 Å². The molecule has 6 nitrogen and oxygen atoms in total. The lowest BCUT2D eigenvalue weighted by molar-refractivity contribution is -0.167. The first-order valence-corrected chi connectivity index (χ1v) is 30.4. The fourth-order valence-corrected chi connectivity index (χ4v) is 8.53. The SMILES string of the molecule is CCCCCC/C=C\C/C=C\CCCCCCCC(=O)OCC(COC(=O)CCCCCCCCCCC/C=C\C/C=C\CCCCCCC)OC(=O)CCCCCCC/C=C\C/C=C\CCCCCC. The van der Waals surface area contributed by atoms with Crippen LogP contribution in [0.4, 0.5) is 0 Å². The van der Waals surface area contributed by atoms with Crippen molar-refractivity contribution in [2.24, 2.45) is 0 Å². The molecule has 410 valence electrons. The van der Waals surface area contributed by atoms with E-state index in [0.29, 0.717) is 19.3 Å². The Bertz CT molecular complexity index is 1320. The molecule has 1 atom stereocenters. The molecule has 0 aromatic heterocycles. The van der Waals surface area contributed by atoms with Crippen molar-refractivity contribution in [1.82, 2.24) is 0 Å². The molecule has 0 saturated carbocycles. The molecule has 0 aromatic rings. The third kappa shape index (κ3) is 57.6. The third-order valence-corrected chi connectivity index (χ3v) is 13.2. The maximum atomic E-state index is 12.9. The first-order chi connectivity index (χ1) is 35.0. The van der Waals surface area contributed by atoms with E-state index in [1.807, 2.05) is 0 Å². The molecule has 0 aliphatic heterocycles. The van der Waals surface area contributed by atoms with Crippen molar-refractivity contribution < 1.29 is 28.6 Å². The molecular formula is C65H114O6. The highest BCUT2D eigenvalue weighted by molar-refractivity contribution is 5.71. The number of esters is 3. The standard InChI is InChI=1S/C65H114O6/c1-4-7-10-13-16-19-22-25-28-31-32-33-34-35-38-40-43-46-49-52-55-58-64(67)70-61-62(71-65(68)59-56-53-50-47-44-41-37-30-27-24-21-18-15-12-9-6-3)60-69-63(66)57-54-51-48-45-42-39-36-29-26-23-20-17-14-11-8-5-2/h20-25,29-32,36-37,62H,4-19,26-28,33-35,38-61H2,1-3H3/b23-20-,24-21-,25-22-,32-31-,36-29-,37-30-. The predicted octanol–water partition coefficient (Wildman–Crippen LogP) is 20.5. The number of rotatable bonds is 55. The minimum absolute atomic E-state index is 0.0873. The van der Waals surface area contributed by atoms with Crippen LogP contribution >= 0.6 is 0 Å². The molecule has 71 heavy (non-hydrogen) atoms. The molecule has 0 rings (SSSR count). The van der Waals surface area contributed by atoms with Crippen LogP contribution in [0.1, 0.15) is 303 Å². The van der Waals surface area contributed by atoms with Gasteiger partial charge in [-0.3, -0.25) is 14.4 Å². The van der Waals surface area contributed by atoms with Gasteiger partial charge in [-0.25, -0.2) is 0 Å². The summed E-state index contributed by atoms with van der Waals surface area (Å²) < 4.78 is 16.9. The molecule has 0 spiro atoms. The molecule has 0 aromatic carbocycles. The van der Waals surface area contributed by atoms with Crippen LogP contribution in [0.15, 0.2) is 72.9 Å². The molecule has 1 unspecified atom stereocenters. The highest BCUT2D eigenvalue weighted by Crippen LogP contribution is 2.15. The van der Waals surface area contributed by atoms with Crippen molar-refractivity contribution >= 4 is 17.9 Å². The summed E-state index contributed by atoms with van der Waals surface area (Å²) in [7, 11) is 0. The zero-order valence-corrected chi connectivity index (χ0v) is 47.0. The monoisotopic (exact) mass is 991 g/mol. The van der Waals surface area contributed by atoms with Crippen LogP contribution in [0, 0.1) is 0 Å². The van der Waals surface area contributed by atoms with E-state index in [9.17, 15) is 14.4 Å². The Labute approximate surface area is 440 Å². The number of hydrogen-bond acceptors (Lipinski definition) is 6. The lowest BCUT2D eigenvalue weighted by atomic mass is 10.1. The van der Waals surface area contributed by atoms with Crippen molar-refractivity contribution in [3.05, 3.63) is 72.9 Å². The van der Waals surface area contributed by atoms with Gasteiger partial charge in [-0.05, 0) is 116 Å². The van der Waals surface area contributed by atoms with Crippen LogP contribution < -0.4 is 0 Å². The van der Waals surface area contributed by atoms with Crippen molar-refractivity contribution in [2.75, 3.05) is 13.2 Å². The summed E-state index contributed by atoms with van der Waals surface area (Å²) in [5.41, 5.74) is 0. The van der Waals surface area contributed by atoms with E-state index in [1.54, 1.807) is 0 Å². The number of allylic oxidation sites excluding steroid dienone is 12. The zero-order chi connectivity index (χ0) is 51.4. The van der Waals surface area contributed by atoms with E-state index < -0.39 is 6.10 Å². The van der Waals surface area contributed by atoms with Crippen LogP contribution in [-0.2, 0) is 28.6 Å². The summed E-state index contributed by atoms with van der Waals surface area (Å²) in [6.07, 6.45) is 76.0. The van der Waals surface area contributed by atoms with Gasteiger partial charge >= 0.3 is 17.9 Å². The molecule has 0 amide bonds. The van der Waals surface area contributed by atoms with Crippen LogP contribution in [-0.4, -0.2) is 37.2 Å². The molecule has 0 aliphatic rings. The lowest BCUT2D eigenvalue weighted by Gasteiger charge is -2.18. The van der Waals surface area contributed by atoms with E-state index in [1.165, 1.54) is 154 Å². The van der Waals surface area contributed by atoms with E-state index >= 15 is 0 Å². The summed E-state index contributed by atoms with van der Waals surface area (Å²) in [6.45, 7) is 6.59. The summed E-state index contributed by atoms with van der Waals surface area (Å²) in [6, 6.07) is 0. The summed E-state index contributed by atoms with van der Waals surface area (Å²) in [5.74, 6) is -0.909. The highest BCUT2D eigenvalue weighted by Gasteiger charge is 2.19.